The Morgan fingerprint density at radius 1 is 0.583 bits per heavy atom. The Morgan fingerprint density at radius 3 is 1.17 bits per heavy atom. The van der Waals surface area contributed by atoms with Crippen molar-refractivity contribution in [2.24, 2.45) is 0 Å². The summed E-state index contributed by atoms with van der Waals surface area (Å²) in [5.41, 5.74) is -14.3. The Labute approximate surface area is 193 Å². The quantitative estimate of drug-likeness (QED) is 0.378. The van der Waals surface area contributed by atoms with E-state index in [1.807, 2.05) is 0 Å². The number of fused-ring (bicyclic) bond motifs is 4. The van der Waals surface area contributed by atoms with E-state index in [9.17, 15) is 57.8 Å². The molecule has 2 heterocycles. The third-order valence-corrected chi connectivity index (χ3v) is 11.4. The summed E-state index contributed by atoms with van der Waals surface area (Å²) in [6.07, 6.45) is -27.2. The number of halogens is 12. The van der Waals surface area contributed by atoms with E-state index < -0.39 is 77.5 Å². The fourth-order valence-corrected chi connectivity index (χ4v) is 10.7. The van der Waals surface area contributed by atoms with E-state index in [0.717, 1.165) is 12.1 Å². The fraction of sp³-hybridized carbons (Fsp3) is 0.400. The zero-order valence-electron chi connectivity index (χ0n) is 17.3. The molecule has 4 rings (SSSR count). The van der Waals surface area contributed by atoms with E-state index >= 15 is 0 Å². The van der Waals surface area contributed by atoms with Crippen LogP contribution in [0.15, 0.2) is 48.5 Å². The van der Waals surface area contributed by atoms with Crippen LogP contribution in [0.5, 0.6) is 0 Å². The maximum atomic E-state index is 14.3. The van der Waals surface area contributed by atoms with Crippen molar-refractivity contribution in [1.29, 1.82) is 0 Å². The van der Waals surface area contributed by atoms with Crippen LogP contribution in [0.2, 0.25) is 0 Å². The molecular weight excluding hydrogens is 547 g/mol. The molecule has 2 aromatic carbocycles. The summed E-state index contributed by atoms with van der Waals surface area (Å²) >= 11 is 0. The Kier molecular flexibility index (Phi) is 5.44. The van der Waals surface area contributed by atoms with E-state index in [2.05, 4.69) is 0 Å². The van der Waals surface area contributed by atoms with Gasteiger partial charge in [-0.3, -0.25) is 0 Å². The number of hydrogen-bond donors (Lipinski definition) is 1. The Bertz CT molecular complexity index is 1080. The molecule has 0 radical (unpaired) electrons. The third kappa shape index (κ3) is 2.88. The van der Waals surface area contributed by atoms with Crippen molar-refractivity contribution in [2.45, 2.75) is 35.9 Å². The first kappa shape index (κ1) is 27.0. The van der Waals surface area contributed by atoms with E-state index in [-0.39, 0.29) is 12.1 Å². The summed E-state index contributed by atoms with van der Waals surface area (Å²) in [5.74, 6) is 0. The van der Waals surface area contributed by atoms with Crippen molar-refractivity contribution in [3.8, 4) is 0 Å². The number of rotatable bonds is 2. The molecule has 0 fully saturated rings. The molecule has 0 bridgehead atoms. The molecule has 0 atom stereocenters. The topological polar surface area (TPSA) is 38.7 Å². The van der Waals surface area contributed by atoms with Gasteiger partial charge in [-0.1, -0.05) is 0 Å². The van der Waals surface area contributed by atoms with Crippen molar-refractivity contribution in [3.05, 3.63) is 59.7 Å². The van der Waals surface area contributed by atoms with Gasteiger partial charge in [-0.05, 0) is 0 Å². The minimum atomic E-state index is -6.73. The van der Waals surface area contributed by atoms with Crippen molar-refractivity contribution < 1.29 is 66.8 Å². The molecule has 2 aromatic rings. The van der Waals surface area contributed by atoms with Gasteiger partial charge in [0.25, 0.3) is 0 Å². The van der Waals surface area contributed by atoms with Gasteiger partial charge in [-0.25, -0.2) is 0 Å². The van der Waals surface area contributed by atoms with Crippen molar-refractivity contribution >= 4 is 17.7 Å². The van der Waals surface area contributed by atoms with Gasteiger partial charge in [0.1, 0.15) is 0 Å². The Balaban J connectivity index is 2.28. The van der Waals surface area contributed by atoms with Crippen molar-refractivity contribution in [3.63, 3.8) is 0 Å². The SMILES string of the molecule is OCCP12(OC(C(F)(F)F)(C(F)(F)F)c3ccccc31)OC(C(F)(F)F)(C(F)(F)F)c1ccccc12. The first-order valence-corrected chi connectivity index (χ1v) is 12.0. The number of aliphatic hydroxyl groups excluding tert-OH is 1. The van der Waals surface area contributed by atoms with Gasteiger partial charge >= 0.3 is 193 Å². The van der Waals surface area contributed by atoms with Gasteiger partial charge in [-0.2, -0.15) is 0 Å². The van der Waals surface area contributed by atoms with E-state index in [1.54, 1.807) is 0 Å². The van der Waals surface area contributed by atoms with Gasteiger partial charge in [0.2, 0.25) is 0 Å². The molecule has 200 valence electrons. The maximum absolute atomic E-state index is 14.3. The summed E-state index contributed by atoms with van der Waals surface area (Å²) in [7, 11) is -6.73. The molecule has 0 amide bonds. The number of benzene rings is 2. The summed E-state index contributed by atoms with van der Waals surface area (Å²) < 4.78 is 181. The van der Waals surface area contributed by atoms with Gasteiger partial charge in [0.05, 0.1) is 0 Å². The van der Waals surface area contributed by atoms with Crippen LogP contribution in [-0.2, 0) is 20.2 Å². The van der Waals surface area contributed by atoms with Gasteiger partial charge in [0, 0.05) is 0 Å². The Morgan fingerprint density at radius 2 is 0.889 bits per heavy atom. The summed E-state index contributed by atoms with van der Waals surface area (Å²) in [6.45, 7) is -1.47. The molecule has 16 heteroatoms. The first-order valence-electron chi connectivity index (χ1n) is 9.78. The third-order valence-electron chi connectivity index (χ3n) is 6.30. The van der Waals surface area contributed by atoms with E-state index in [0.29, 0.717) is 24.3 Å². The normalized spacial score (nSPS) is 23.1. The van der Waals surface area contributed by atoms with Crippen LogP contribution >= 0.6 is 7.06 Å². The standard InChI is InChI=1S/C20H13F12O3P/c21-17(22,23)15(18(24,25)26)11-5-1-3-7-13(11)36(34-15,10-9-33)14-8-4-2-6-12(14)16(35-36,19(27,28)29)20(30,31)32/h1-8,33H,9-10H2. The van der Waals surface area contributed by atoms with Crippen molar-refractivity contribution in [1.82, 2.24) is 0 Å². The zero-order valence-corrected chi connectivity index (χ0v) is 18.2. The molecule has 0 saturated heterocycles. The molecular formula is C20H13F12O3P. The predicted octanol–water partition coefficient (Wildman–Crippen LogP) is 5.71. The molecule has 0 aliphatic carbocycles. The van der Waals surface area contributed by atoms with E-state index in [4.69, 9.17) is 9.05 Å². The summed E-state index contributed by atoms with van der Waals surface area (Å²) in [6, 6.07) is 4.53. The van der Waals surface area contributed by atoms with Crippen LogP contribution in [0, 0.1) is 0 Å². The zero-order chi connectivity index (χ0) is 27.2. The van der Waals surface area contributed by atoms with Crippen molar-refractivity contribution in [2.75, 3.05) is 12.8 Å². The molecule has 2 aliphatic heterocycles. The van der Waals surface area contributed by atoms with Crippen LogP contribution in [0.3, 0.4) is 0 Å². The second kappa shape index (κ2) is 7.27. The van der Waals surface area contributed by atoms with Crippen LogP contribution in [0.4, 0.5) is 52.7 Å². The molecule has 3 nitrogen and oxygen atoms in total. The fourth-order valence-electron chi connectivity index (χ4n) is 5.01. The molecule has 1 spiro atoms. The van der Waals surface area contributed by atoms with E-state index in [1.165, 1.54) is 0 Å². The first-order chi connectivity index (χ1) is 16.3. The summed E-state index contributed by atoms with van der Waals surface area (Å²) in [4.78, 5) is 0. The second-order valence-corrected chi connectivity index (χ2v) is 12.2. The molecule has 0 aromatic heterocycles. The van der Waals surface area contributed by atoms with Crippen LogP contribution in [0.1, 0.15) is 11.1 Å². The average Bonchev–Trinajstić information content (AvgIpc) is 3.16. The molecule has 0 saturated carbocycles. The van der Waals surface area contributed by atoms with Gasteiger partial charge in [0.15, 0.2) is 0 Å². The minimum absolute atomic E-state index is 0.252. The van der Waals surface area contributed by atoms with Crippen LogP contribution in [-0.4, -0.2) is 42.6 Å². The Hall–Kier alpha value is -2.09. The molecule has 2 aliphatic rings. The average molecular weight is 560 g/mol. The second-order valence-electron chi connectivity index (χ2n) is 8.14. The molecule has 0 unspecified atom stereocenters. The van der Waals surface area contributed by atoms with Crippen LogP contribution < -0.4 is 10.6 Å². The number of aliphatic hydroxyl groups is 1. The predicted molar refractivity (Wildman–Crippen MR) is 101 cm³/mol. The number of alkyl halides is 12. The summed E-state index contributed by atoms with van der Waals surface area (Å²) in [5, 5.41) is 7.13. The van der Waals surface area contributed by atoms with Gasteiger partial charge in [-0.15, -0.1) is 0 Å². The number of hydrogen-bond acceptors (Lipinski definition) is 3. The molecule has 36 heavy (non-hydrogen) atoms. The molecule has 1 N–H and O–H groups in total. The van der Waals surface area contributed by atoms with Crippen LogP contribution in [0.25, 0.3) is 0 Å². The van der Waals surface area contributed by atoms with Gasteiger partial charge < -0.3 is 0 Å². The monoisotopic (exact) mass is 560 g/mol.